The van der Waals surface area contributed by atoms with Gasteiger partial charge in [-0.2, -0.15) is 0 Å². The Hall–Kier alpha value is -0.770. The predicted octanol–water partition coefficient (Wildman–Crippen LogP) is 1.27. The summed E-state index contributed by atoms with van der Waals surface area (Å²) in [5.41, 5.74) is 6.11. The molecule has 2 N–H and O–H groups in total. The molecule has 1 saturated carbocycles. The molecule has 1 saturated heterocycles. The van der Waals surface area contributed by atoms with E-state index in [-0.39, 0.29) is 0 Å². The van der Waals surface area contributed by atoms with E-state index in [1.54, 1.807) is 0 Å². The Labute approximate surface area is 105 Å². The van der Waals surface area contributed by atoms with Gasteiger partial charge in [-0.25, -0.2) is 4.99 Å². The van der Waals surface area contributed by atoms with E-state index in [2.05, 4.69) is 28.9 Å². The number of piperidine rings is 1. The van der Waals surface area contributed by atoms with Crippen LogP contribution in [0.15, 0.2) is 4.99 Å². The zero-order valence-electron chi connectivity index (χ0n) is 11.2. The molecule has 2 rings (SSSR count). The fraction of sp³-hybridized carbons (Fsp3) is 0.923. The van der Waals surface area contributed by atoms with Crippen LogP contribution in [0, 0.1) is 0 Å². The Morgan fingerprint density at radius 2 is 1.71 bits per heavy atom. The standard InChI is InChI=1S/C13H26N4/c1-16(2)12-7-9-17(10-8-12)13(14)15-11-5-3-4-6-11/h11-12H,3-10H2,1-2H3,(H2,14,15). The van der Waals surface area contributed by atoms with E-state index in [1.165, 1.54) is 38.5 Å². The molecule has 98 valence electrons. The van der Waals surface area contributed by atoms with Gasteiger partial charge in [-0.15, -0.1) is 0 Å². The maximum Gasteiger partial charge on any atom is 0.191 e. The molecule has 4 nitrogen and oxygen atoms in total. The van der Waals surface area contributed by atoms with Crippen molar-refractivity contribution in [2.45, 2.75) is 50.6 Å². The smallest absolute Gasteiger partial charge is 0.191 e. The Morgan fingerprint density at radius 3 is 2.24 bits per heavy atom. The van der Waals surface area contributed by atoms with Crippen LogP contribution in [0.4, 0.5) is 0 Å². The highest BCUT2D eigenvalue weighted by atomic mass is 15.3. The average Bonchev–Trinajstić information content (AvgIpc) is 2.82. The number of likely N-dealkylation sites (tertiary alicyclic amines) is 1. The van der Waals surface area contributed by atoms with E-state index in [0.717, 1.165) is 19.0 Å². The van der Waals surface area contributed by atoms with Crippen molar-refractivity contribution in [3.8, 4) is 0 Å². The molecule has 0 amide bonds. The summed E-state index contributed by atoms with van der Waals surface area (Å²) in [5, 5.41) is 0. The molecule has 2 aliphatic rings. The van der Waals surface area contributed by atoms with Crippen molar-refractivity contribution in [2.75, 3.05) is 27.2 Å². The summed E-state index contributed by atoms with van der Waals surface area (Å²) < 4.78 is 0. The first-order valence-electron chi connectivity index (χ1n) is 6.91. The molecule has 0 aromatic carbocycles. The lowest BCUT2D eigenvalue weighted by atomic mass is 10.0. The van der Waals surface area contributed by atoms with Gasteiger partial charge in [0.2, 0.25) is 0 Å². The topological polar surface area (TPSA) is 44.9 Å². The molecule has 1 aliphatic carbocycles. The number of hydrogen-bond acceptors (Lipinski definition) is 2. The van der Waals surface area contributed by atoms with E-state index < -0.39 is 0 Å². The summed E-state index contributed by atoms with van der Waals surface area (Å²) in [4.78, 5) is 9.26. The summed E-state index contributed by atoms with van der Waals surface area (Å²) in [6.07, 6.45) is 7.51. The van der Waals surface area contributed by atoms with Crippen LogP contribution in [-0.4, -0.2) is 55.0 Å². The lowest BCUT2D eigenvalue weighted by molar-refractivity contribution is 0.190. The van der Waals surface area contributed by atoms with Gasteiger partial charge in [-0.05, 0) is 39.8 Å². The van der Waals surface area contributed by atoms with E-state index in [9.17, 15) is 0 Å². The van der Waals surface area contributed by atoms with Crippen LogP contribution in [0.3, 0.4) is 0 Å². The van der Waals surface area contributed by atoms with Crippen molar-refractivity contribution in [1.82, 2.24) is 9.80 Å². The molecule has 1 heterocycles. The van der Waals surface area contributed by atoms with Crippen molar-refractivity contribution < 1.29 is 0 Å². The average molecular weight is 238 g/mol. The third kappa shape index (κ3) is 3.35. The van der Waals surface area contributed by atoms with Crippen molar-refractivity contribution >= 4 is 5.96 Å². The highest BCUT2D eigenvalue weighted by Crippen LogP contribution is 2.21. The molecular formula is C13H26N4. The fourth-order valence-corrected chi connectivity index (χ4v) is 2.91. The number of nitrogens with two attached hydrogens (primary N) is 1. The molecule has 0 aromatic rings. The SMILES string of the molecule is CN(C)C1CCN(C(N)=NC2CCCC2)CC1. The van der Waals surface area contributed by atoms with Crippen LogP contribution >= 0.6 is 0 Å². The molecule has 0 bridgehead atoms. The maximum atomic E-state index is 6.11. The number of hydrogen-bond donors (Lipinski definition) is 1. The quantitative estimate of drug-likeness (QED) is 0.582. The molecule has 0 unspecified atom stereocenters. The lowest BCUT2D eigenvalue weighted by Gasteiger charge is -2.35. The number of aliphatic imine (C=N–C) groups is 1. The highest BCUT2D eigenvalue weighted by molar-refractivity contribution is 5.78. The fourth-order valence-electron chi connectivity index (χ4n) is 2.91. The second-order valence-electron chi connectivity index (χ2n) is 5.61. The molecule has 1 aliphatic heterocycles. The Balaban J connectivity index is 1.83. The number of rotatable bonds is 2. The Bertz CT molecular complexity index is 261. The van der Waals surface area contributed by atoms with Gasteiger partial charge in [0, 0.05) is 19.1 Å². The molecule has 4 heteroatoms. The first kappa shape index (κ1) is 12.7. The first-order chi connectivity index (χ1) is 8.16. The first-order valence-corrected chi connectivity index (χ1v) is 6.91. The molecule has 0 spiro atoms. The Kier molecular flexibility index (Phi) is 4.26. The second-order valence-corrected chi connectivity index (χ2v) is 5.61. The van der Waals surface area contributed by atoms with Gasteiger partial charge >= 0.3 is 0 Å². The minimum Gasteiger partial charge on any atom is -0.370 e. The molecule has 0 atom stereocenters. The summed E-state index contributed by atoms with van der Waals surface area (Å²) in [5.74, 6) is 0.786. The highest BCUT2D eigenvalue weighted by Gasteiger charge is 2.22. The van der Waals surface area contributed by atoms with Crippen molar-refractivity contribution in [3.05, 3.63) is 0 Å². The summed E-state index contributed by atoms with van der Waals surface area (Å²) in [6.45, 7) is 2.12. The van der Waals surface area contributed by atoms with Gasteiger partial charge in [0.15, 0.2) is 5.96 Å². The zero-order valence-corrected chi connectivity index (χ0v) is 11.2. The van der Waals surface area contributed by atoms with E-state index in [0.29, 0.717) is 12.1 Å². The third-order valence-electron chi connectivity index (χ3n) is 4.16. The lowest BCUT2D eigenvalue weighted by Crippen LogP contribution is -2.47. The van der Waals surface area contributed by atoms with E-state index in [1.807, 2.05) is 0 Å². The van der Waals surface area contributed by atoms with Crippen molar-refractivity contribution in [1.29, 1.82) is 0 Å². The van der Waals surface area contributed by atoms with Crippen LogP contribution in [-0.2, 0) is 0 Å². The van der Waals surface area contributed by atoms with E-state index in [4.69, 9.17) is 5.73 Å². The van der Waals surface area contributed by atoms with Gasteiger partial charge in [-0.3, -0.25) is 0 Å². The minimum absolute atomic E-state index is 0.501. The van der Waals surface area contributed by atoms with Crippen LogP contribution in [0.5, 0.6) is 0 Å². The molecule has 0 aromatic heterocycles. The van der Waals surface area contributed by atoms with Crippen LogP contribution < -0.4 is 5.73 Å². The van der Waals surface area contributed by atoms with Gasteiger partial charge in [0.05, 0.1) is 6.04 Å². The largest absolute Gasteiger partial charge is 0.370 e. The zero-order chi connectivity index (χ0) is 12.3. The summed E-state index contributed by atoms with van der Waals surface area (Å²) in [7, 11) is 4.33. The summed E-state index contributed by atoms with van der Waals surface area (Å²) in [6, 6.07) is 1.21. The van der Waals surface area contributed by atoms with Gasteiger partial charge < -0.3 is 15.5 Å². The number of nitrogens with zero attached hydrogens (tertiary/aromatic N) is 3. The monoisotopic (exact) mass is 238 g/mol. The van der Waals surface area contributed by atoms with Crippen LogP contribution in [0.1, 0.15) is 38.5 Å². The second kappa shape index (κ2) is 5.71. The molecule has 17 heavy (non-hydrogen) atoms. The van der Waals surface area contributed by atoms with E-state index >= 15 is 0 Å². The third-order valence-corrected chi connectivity index (χ3v) is 4.16. The van der Waals surface area contributed by atoms with Gasteiger partial charge in [0.25, 0.3) is 0 Å². The van der Waals surface area contributed by atoms with Crippen molar-refractivity contribution in [3.63, 3.8) is 0 Å². The predicted molar refractivity (Wildman–Crippen MR) is 72.2 cm³/mol. The molecule has 2 fully saturated rings. The minimum atomic E-state index is 0.501. The Morgan fingerprint density at radius 1 is 1.12 bits per heavy atom. The normalized spacial score (nSPS) is 24.9. The maximum absolute atomic E-state index is 6.11. The van der Waals surface area contributed by atoms with Gasteiger partial charge in [0.1, 0.15) is 0 Å². The number of guanidine groups is 1. The molecule has 0 radical (unpaired) electrons. The molecular weight excluding hydrogens is 212 g/mol. The van der Waals surface area contributed by atoms with Crippen LogP contribution in [0.25, 0.3) is 0 Å². The van der Waals surface area contributed by atoms with Gasteiger partial charge in [-0.1, -0.05) is 12.8 Å². The van der Waals surface area contributed by atoms with Crippen molar-refractivity contribution in [2.24, 2.45) is 10.7 Å². The van der Waals surface area contributed by atoms with Crippen LogP contribution in [0.2, 0.25) is 0 Å². The summed E-state index contributed by atoms with van der Waals surface area (Å²) >= 11 is 0.